The molecule has 28 heavy (non-hydrogen) atoms. The van der Waals surface area contributed by atoms with Gasteiger partial charge in [0.25, 0.3) is 0 Å². The van der Waals surface area contributed by atoms with Crippen LogP contribution in [-0.2, 0) is 9.59 Å². The number of anilines is 1. The molecule has 2 aromatic carbocycles. The fourth-order valence-corrected chi connectivity index (χ4v) is 3.60. The molecule has 2 amide bonds. The molecule has 0 bridgehead atoms. The summed E-state index contributed by atoms with van der Waals surface area (Å²) in [5.41, 5.74) is 0.937. The second-order valence-electron chi connectivity index (χ2n) is 6.98. The number of amides is 2. The van der Waals surface area contributed by atoms with Gasteiger partial charge in [-0.25, -0.2) is 0 Å². The molecule has 0 aliphatic carbocycles. The molecule has 5 heteroatoms. The van der Waals surface area contributed by atoms with Gasteiger partial charge in [-0.15, -0.1) is 0 Å². The highest BCUT2D eigenvalue weighted by Crippen LogP contribution is 2.23. The standard InChI is InChI=1S/C23H28N2O3/c1-2-25(20-9-5-3-6-10-20)23(27)19-13-16-24(17-14-19)22(26)15-18-28-21-11-7-4-8-12-21/h3-12,19H,2,13-18H2,1H3. The molecule has 3 rings (SSSR count). The van der Waals surface area contributed by atoms with Crippen molar-refractivity contribution in [3.63, 3.8) is 0 Å². The number of ether oxygens (including phenoxy) is 1. The number of benzene rings is 2. The summed E-state index contributed by atoms with van der Waals surface area (Å²) < 4.78 is 5.61. The Morgan fingerprint density at radius 3 is 2.21 bits per heavy atom. The molecule has 0 aromatic heterocycles. The molecule has 1 aliphatic heterocycles. The zero-order valence-electron chi connectivity index (χ0n) is 16.4. The van der Waals surface area contributed by atoms with E-state index in [-0.39, 0.29) is 17.7 Å². The zero-order valence-corrected chi connectivity index (χ0v) is 16.4. The maximum atomic E-state index is 12.9. The molecule has 0 N–H and O–H groups in total. The molecule has 2 aromatic rings. The van der Waals surface area contributed by atoms with Crippen LogP contribution >= 0.6 is 0 Å². The van der Waals surface area contributed by atoms with Crippen LogP contribution in [0.4, 0.5) is 5.69 Å². The van der Waals surface area contributed by atoms with Crippen molar-refractivity contribution in [2.24, 2.45) is 5.92 Å². The van der Waals surface area contributed by atoms with Crippen LogP contribution in [0.25, 0.3) is 0 Å². The van der Waals surface area contributed by atoms with Crippen LogP contribution in [0.3, 0.4) is 0 Å². The Hall–Kier alpha value is -2.82. The van der Waals surface area contributed by atoms with E-state index in [9.17, 15) is 9.59 Å². The Morgan fingerprint density at radius 2 is 1.61 bits per heavy atom. The van der Waals surface area contributed by atoms with E-state index in [0.717, 1.165) is 11.4 Å². The first kappa shape index (κ1) is 19.9. The number of carbonyl (C=O) groups is 2. The van der Waals surface area contributed by atoms with Gasteiger partial charge in [0.15, 0.2) is 0 Å². The third-order valence-electron chi connectivity index (χ3n) is 5.17. The van der Waals surface area contributed by atoms with Crippen LogP contribution in [0, 0.1) is 5.92 Å². The molecule has 1 aliphatic rings. The Kier molecular flexibility index (Phi) is 7.06. The first-order valence-electron chi connectivity index (χ1n) is 10.0. The topological polar surface area (TPSA) is 49.9 Å². The van der Waals surface area contributed by atoms with Gasteiger partial charge in [-0.05, 0) is 44.0 Å². The van der Waals surface area contributed by atoms with E-state index >= 15 is 0 Å². The van der Waals surface area contributed by atoms with E-state index in [4.69, 9.17) is 4.74 Å². The molecule has 1 heterocycles. The summed E-state index contributed by atoms with van der Waals surface area (Å²) in [7, 11) is 0. The minimum atomic E-state index is -0.0234. The number of likely N-dealkylation sites (tertiary alicyclic amines) is 1. The highest BCUT2D eigenvalue weighted by atomic mass is 16.5. The lowest BCUT2D eigenvalue weighted by atomic mass is 9.94. The zero-order chi connectivity index (χ0) is 19.8. The predicted octanol–water partition coefficient (Wildman–Crippen LogP) is 3.75. The number of hydrogen-bond donors (Lipinski definition) is 0. The molecule has 0 atom stereocenters. The van der Waals surface area contributed by atoms with Gasteiger partial charge in [0.05, 0.1) is 13.0 Å². The molecular weight excluding hydrogens is 352 g/mol. The van der Waals surface area contributed by atoms with Crippen LogP contribution < -0.4 is 9.64 Å². The van der Waals surface area contributed by atoms with Crippen molar-refractivity contribution in [1.82, 2.24) is 4.90 Å². The van der Waals surface area contributed by atoms with Crippen molar-refractivity contribution >= 4 is 17.5 Å². The monoisotopic (exact) mass is 380 g/mol. The fourth-order valence-electron chi connectivity index (χ4n) is 3.60. The number of rotatable bonds is 7. The maximum absolute atomic E-state index is 12.9. The van der Waals surface area contributed by atoms with Crippen LogP contribution in [0.15, 0.2) is 60.7 Å². The summed E-state index contributed by atoms with van der Waals surface area (Å²) in [5, 5.41) is 0. The number of hydrogen-bond acceptors (Lipinski definition) is 3. The number of carbonyl (C=O) groups excluding carboxylic acids is 2. The Balaban J connectivity index is 1.45. The molecule has 1 saturated heterocycles. The van der Waals surface area contributed by atoms with Gasteiger partial charge in [-0.2, -0.15) is 0 Å². The van der Waals surface area contributed by atoms with E-state index in [1.807, 2.05) is 77.4 Å². The second-order valence-corrected chi connectivity index (χ2v) is 6.98. The fraction of sp³-hybridized carbons (Fsp3) is 0.391. The van der Waals surface area contributed by atoms with Gasteiger partial charge in [0.2, 0.25) is 11.8 Å². The summed E-state index contributed by atoms with van der Waals surface area (Å²) in [6.45, 7) is 4.29. The van der Waals surface area contributed by atoms with E-state index < -0.39 is 0 Å². The lowest BCUT2D eigenvalue weighted by Gasteiger charge is -2.34. The Bertz CT molecular complexity index is 756. The van der Waals surface area contributed by atoms with Crippen LogP contribution in [0.5, 0.6) is 5.75 Å². The summed E-state index contributed by atoms with van der Waals surface area (Å²) in [4.78, 5) is 29.1. The average molecular weight is 380 g/mol. The maximum Gasteiger partial charge on any atom is 0.230 e. The van der Waals surface area contributed by atoms with Crippen LogP contribution in [0.2, 0.25) is 0 Å². The van der Waals surface area contributed by atoms with E-state index in [2.05, 4.69) is 0 Å². The van der Waals surface area contributed by atoms with Crippen molar-refractivity contribution in [2.75, 3.05) is 31.1 Å². The minimum Gasteiger partial charge on any atom is -0.493 e. The van der Waals surface area contributed by atoms with Crippen LogP contribution in [0.1, 0.15) is 26.2 Å². The van der Waals surface area contributed by atoms with Crippen molar-refractivity contribution in [3.05, 3.63) is 60.7 Å². The van der Waals surface area contributed by atoms with Crippen LogP contribution in [-0.4, -0.2) is 43.0 Å². The second kappa shape index (κ2) is 9.93. The molecule has 0 saturated carbocycles. The average Bonchev–Trinajstić information content (AvgIpc) is 2.76. The Morgan fingerprint density at radius 1 is 1.00 bits per heavy atom. The van der Waals surface area contributed by atoms with Gasteiger partial charge in [-0.1, -0.05) is 36.4 Å². The van der Waals surface area contributed by atoms with E-state index in [0.29, 0.717) is 45.5 Å². The molecule has 1 fully saturated rings. The third kappa shape index (κ3) is 5.12. The van der Waals surface area contributed by atoms with Crippen molar-refractivity contribution in [2.45, 2.75) is 26.2 Å². The predicted molar refractivity (Wildman–Crippen MR) is 110 cm³/mol. The normalized spacial score (nSPS) is 14.5. The first-order chi connectivity index (χ1) is 13.7. The van der Waals surface area contributed by atoms with E-state index in [1.165, 1.54) is 0 Å². The number of piperidine rings is 1. The Labute approximate surface area is 166 Å². The summed E-state index contributed by atoms with van der Waals surface area (Å²) in [6.07, 6.45) is 1.79. The lowest BCUT2D eigenvalue weighted by Crippen LogP contribution is -2.44. The number of nitrogens with zero attached hydrogens (tertiary/aromatic N) is 2. The minimum absolute atomic E-state index is 0.0234. The lowest BCUT2D eigenvalue weighted by molar-refractivity contribution is -0.135. The molecular formula is C23H28N2O3. The quantitative estimate of drug-likeness (QED) is 0.735. The number of para-hydroxylation sites is 2. The highest BCUT2D eigenvalue weighted by Gasteiger charge is 2.30. The van der Waals surface area contributed by atoms with Gasteiger partial charge in [-0.3, -0.25) is 9.59 Å². The summed E-state index contributed by atoms with van der Waals surface area (Å²) in [5.74, 6) is 1.01. The SMILES string of the molecule is CCN(C(=O)C1CCN(C(=O)CCOc2ccccc2)CC1)c1ccccc1. The molecule has 0 radical (unpaired) electrons. The van der Waals surface area contributed by atoms with Gasteiger partial charge in [0.1, 0.15) is 5.75 Å². The smallest absolute Gasteiger partial charge is 0.230 e. The molecule has 5 nitrogen and oxygen atoms in total. The third-order valence-corrected chi connectivity index (χ3v) is 5.17. The van der Waals surface area contributed by atoms with Gasteiger partial charge >= 0.3 is 0 Å². The van der Waals surface area contributed by atoms with Crippen molar-refractivity contribution in [3.8, 4) is 5.75 Å². The van der Waals surface area contributed by atoms with Crippen molar-refractivity contribution in [1.29, 1.82) is 0 Å². The molecule has 0 spiro atoms. The molecule has 148 valence electrons. The summed E-state index contributed by atoms with van der Waals surface area (Å²) >= 11 is 0. The van der Waals surface area contributed by atoms with Crippen molar-refractivity contribution < 1.29 is 14.3 Å². The van der Waals surface area contributed by atoms with E-state index in [1.54, 1.807) is 0 Å². The molecule has 0 unspecified atom stereocenters. The highest BCUT2D eigenvalue weighted by molar-refractivity contribution is 5.95. The van der Waals surface area contributed by atoms with Gasteiger partial charge in [0, 0.05) is 31.2 Å². The first-order valence-corrected chi connectivity index (χ1v) is 10.0. The largest absolute Gasteiger partial charge is 0.493 e. The summed E-state index contributed by atoms with van der Waals surface area (Å²) in [6, 6.07) is 19.3. The van der Waals surface area contributed by atoms with Gasteiger partial charge < -0.3 is 14.5 Å².